The first-order valence-electron chi connectivity index (χ1n) is 9.69. The van der Waals surface area contributed by atoms with Crippen LogP contribution in [0.15, 0.2) is 47.7 Å². The second-order valence-electron chi connectivity index (χ2n) is 7.18. The summed E-state index contributed by atoms with van der Waals surface area (Å²) in [5.74, 6) is 0.524. The van der Waals surface area contributed by atoms with E-state index < -0.39 is 6.03 Å². The van der Waals surface area contributed by atoms with Crippen LogP contribution in [0.1, 0.15) is 15.9 Å². The van der Waals surface area contributed by atoms with E-state index in [1.54, 1.807) is 30.2 Å². The smallest absolute Gasteiger partial charge is 0.347 e. The van der Waals surface area contributed by atoms with E-state index in [0.29, 0.717) is 24.3 Å². The molecule has 1 N–H and O–H groups in total. The second-order valence-corrected chi connectivity index (χ2v) is 7.99. The first kappa shape index (κ1) is 22.6. The molecule has 0 saturated carbocycles. The molecule has 0 saturated heterocycles. The maximum absolute atomic E-state index is 12.6. The van der Waals surface area contributed by atoms with E-state index in [-0.39, 0.29) is 45.5 Å². The molecule has 0 fully saturated rings. The lowest BCUT2D eigenvalue weighted by atomic mass is 9.99. The van der Waals surface area contributed by atoms with Crippen LogP contribution in [-0.2, 0) is 11.2 Å². The molecular weight excluding hydrogens is 469 g/mol. The highest BCUT2D eigenvalue weighted by Crippen LogP contribution is 2.40. The second kappa shape index (κ2) is 9.11. The summed E-state index contributed by atoms with van der Waals surface area (Å²) in [7, 11) is 1.54. The molecule has 9 nitrogen and oxygen atoms in total. The Morgan fingerprint density at radius 2 is 1.97 bits per heavy atom. The van der Waals surface area contributed by atoms with Crippen molar-refractivity contribution >= 4 is 46.5 Å². The quantitative estimate of drug-likeness (QED) is 0.678. The van der Waals surface area contributed by atoms with E-state index in [0.717, 1.165) is 10.6 Å². The van der Waals surface area contributed by atoms with Crippen LogP contribution in [0.3, 0.4) is 0 Å². The number of nitrogens with one attached hydrogen (secondary N) is 1. The van der Waals surface area contributed by atoms with Crippen LogP contribution in [0.5, 0.6) is 11.5 Å². The van der Waals surface area contributed by atoms with Gasteiger partial charge < -0.3 is 19.7 Å². The molecule has 2 heterocycles. The molecular formula is C22H17Cl2N5O4. The number of hydrazone groups is 1. The van der Waals surface area contributed by atoms with Crippen LogP contribution in [0.2, 0.25) is 10.0 Å². The zero-order chi connectivity index (χ0) is 23.7. The van der Waals surface area contributed by atoms with Crippen molar-refractivity contribution in [3.63, 3.8) is 0 Å². The highest BCUT2D eigenvalue weighted by Gasteiger charge is 2.27. The molecule has 0 bridgehead atoms. The Balaban J connectivity index is 1.60. The molecule has 11 heteroatoms. The first-order valence-corrected chi connectivity index (χ1v) is 10.4. The number of hydrogen-bond donors (Lipinski definition) is 1. The van der Waals surface area contributed by atoms with Gasteiger partial charge in [0.25, 0.3) is 5.91 Å². The summed E-state index contributed by atoms with van der Waals surface area (Å²) >= 11 is 12.8. The van der Waals surface area contributed by atoms with Gasteiger partial charge in [-0.1, -0.05) is 29.8 Å². The Morgan fingerprint density at radius 3 is 2.64 bits per heavy atom. The number of benzene rings is 2. The van der Waals surface area contributed by atoms with E-state index in [2.05, 4.69) is 17.0 Å². The Hall–Kier alpha value is -3.58. The fourth-order valence-electron chi connectivity index (χ4n) is 3.45. The van der Waals surface area contributed by atoms with Gasteiger partial charge in [0.15, 0.2) is 11.5 Å². The summed E-state index contributed by atoms with van der Waals surface area (Å²) in [6, 6.07) is 9.24. The monoisotopic (exact) mass is 485 g/mol. The number of ether oxygens (including phenoxy) is 2. The molecule has 0 aliphatic carbocycles. The number of carbonyl (C=O) groups is 2. The molecule has 0 unspecified atom stereocenters. The van der Waals surface area contributed by atoms with Crippen LogP contribution in [0.4, 0.5) is 10.5 Å². The van der Waals surface area contributed by atoms with Gasteiger partial charge in [-0.05, 0) is 42.3 Å². The maximum atomic E-state index is 12.6. The summed E-state index contributed by atoms with van der Waals surface area (Å²) < 4.78 is 11.0. The number of hydrogen-bond acceptors (Lipinski definition) is 6. The lowest BCUT2D eigenvalue weighted by Crippen LogP contribution is -2.42. The van der Waals surface area contributed by atoms with Crippen molar-refractivity contribution in [3.8, 4) is 17.6 Å². The number of fused-ring (bicyclic) bond motifs is 1. The molecule has 3 amide bonds. The van der Waals surface area contributed by atoms with Gasteiger partial charge in [-0.25, -0.2) is 4.79 Å². The summed E-state index contributed by atoms with van der Waals surface area (Å²) in [5, 5.41) is 16.8. The zero-order valence-corrected chi connectivity index (χ0v) is 18.9. The maximum Gasteiger partial charge on any atom is 0.347 e. The van der Waals surface area contributed by atoms with Gasteiger partial charge in [-0.3, -0.25) is 4.79 Å². The number of methoxy groups -OCH3 is 1. The molecule has 168 valence electrons. The van der Waals surface area contributed by atoms with E-state index in [4.69, 9.17) is 37.9 Å². The summed E-state index contributed by atoms with van der Waals surface area (Å²) in [5.41, 5.74) is 1.73. The number of nitriles is 1. The fraction of sp³-hybridized carbons (Fsp3) is 0.182. The van der Waals surface area contributed by atoms with E-state index >= 15 is 0 Å². The highest BCUT2D eigenvalue weighted by atomic mass is 35.5. The number of anilines is 1. The van der Waals surface area contributed by atoms with Crippen molar-refractivity contribution in [3.05, 3.63) is 63.8 Å². The van der Waals surface area contributed by atoms with Crippen molar-refractivity contribution in [2.75, 3.05) is 25.4 Å². The Kier molecular flexibility index (Phi) is 6.24. The molecule has 2 aliphatic rings. The molecule has 2 aromatic rings. The average Bonchev–Trinajstić information content (AvgIpc) is 2.78. The van der Waals surface area contributed by atoms with Crippen LogP contribution in [-0.4, -0.2) is 42.9 Å². The van der Waals surface area contributed by atoms with Crippen molar-refractivity contribution in [1.82, 2.24) is 10.2 Å². The third-order valence-electron chi connectivity index (χ3n) is 5.02. The van der Waals surface area contributed by atoms with Crippen LogP contribution < -0.4 is 15.1 Å². The number of allylic oxidation sites excluding steroid dienone is 1. The van der Waals surface area contributed by atoms with Crippen molar-refractivity contribution < 1.29 is 19.1 Å². The Morgan fingerprint density at radius 1 is 1.24 bits per heavy atom. The number of halogens is 2. The molecule has 0 aromatic heterocycles. The minimum atomic E-state index is -0.610. The Labute approximate surface area is 199 Å². The number of rotatable bonds is 5. The predicted octanol–water partition coefficient (Wildman–Crippen LogP) is 4.31. The molecule has 0 atom stereocenters. The van der Waals surface area contributed by atoms with E-state index in [1.807, 2.05) is 6.07 Å². The molecule has 4 rings (SSSR count). The predicted molar refractivity (Wildman–Crippen MR) is 123 cm³/mol. The highest BCUT2D eigenvalue weighted by molar-refractivity contribution is 6.37. The minimum Gasteiger partial charge on any atom is -0.454 e. The zero-order valence-electron chi connectivity index (χ0n) is 17.4. The number of carbonyl (C=O) groups excluding carboxylic acids is 2. The van der Waals surface area contributed by atoms with Crippen LogP contribution in [0, 0.1) is 11.3 Å². The van der Waals surface area contributed by atoms with Crippen molar-refractivity contribution in [2.45, 2.75) is 6.42 Å². The molecule has 33 heavy (non-hydrogen) atoms. The first-order chi connectivity index (χ1) is 15.8. The SMILES string of the molecule is C=C1NC(=O)N(c2cc(Cl)c(Oc3ccc4c(c3)CCN(COC)C4=O)c(Cl)c2)N=C1C#N. The minimum absolute atomic E-state index is 0.0464. The van der Waals surface area contributed by atoms with Gasteiger partial charge in [0, 0.05) is 19.2 Å². The topological polar surface area (TPSA) is 107 Å². The van der Waals surface area contributed by atoms with E-state index in [9.17, 15) is 9.59 Å². The van der Waals surface area contributed by atoms with Gasteiger partial charge in [-0.15, -0.1) is 0 Å². The van der Waals surface area contributed by atoms with Gasteiger partial charge in [0.2, 0.25) is 0 Å². The number of nitrogens with zero attached hydrogens (tertiary/aromatic N) is 4. The molecule has 0 radical (unpaired) electrons. The normalized spacial score (nSPS) is 15.6. The summed E-state index contributed by atoms with van der Waals surface area (Å²) in [4.78, 5) is 26.5. The van der Waals surface area contributed by atoms with Crippen LogP contribution in [0.25, 0.3) is 0 Å². The average molecular weight is 486 g/mol. The van der Waals surface area contributed by atoms with Gasteiger partial charge in [-0.2, -0.15) is 15.4 Å². The van der Waals surface area contributed by atoms with Gasteiger partial charge in [0.05, 0.1) is 21.4 Å². The fourth-order valence-corrected chi connectivity index (χ4v) is 4.00. The van der Waals surface area contributed by atoms with Crippen LogP contribution >= 0.6 is 23.2 Å². The lowest BCUT2D eigenvalue weighted by molar-refractivity contribution is 0.0398. The number of amides is 3. The van der Waals surface area contributed by atoms with Crippen molar-refractivity contribution in [2.24, 2.45) is 5.10 Å². The third kappa shape index (κ3) is 4.36. The van der Waals surface area contributed by atoms with Gasteiger partial charge >= 0.3 is 6.03 Å². The Bertz CT molecular complexity index is 1230. The largest absolute Gasteiger partial charge is 0.454 e. The standard InChI is InChI=1S/C22H17Cl2N5O4/c1-12-19(10-25)27-29(22(31)26-12)14-8-17(23)20(18(24)9-14)33-15-3-4-16-13(7-15)5-6-28(11-32-2)21(16)30/h3-4,7-9H,1,5-6,11H2,2H3,(H,26,31). The van der Waals surface area contributed by atoms with Gasteiger partial charge in [0.1, 0.15) is 18.5 Å². The molecule has 2 aliphatic heterocycles. The third-order valence-corrected chi connectivity index (χ3v) is 5.58. The molecule has 0 spiro atoms. The van der Waals surface area contributed by atoms with E-state index in [1.165, 1.54) is 12.1 Å². The number of urea groups is 1. The molecule has 2 aromatic carbocycles. The van der Waals surface area contributed by atoms with Crippen molar-refractivity contribution in [1.29, 1.82) is 5.26 Å². The summed E-state index contributed by atoms with van der Waals surface area (Å²) in [6.07, 6.45) is 0.649. The summed E-state index contributed by atoms with van der Waals surface area (Å²) in [6.45, 7) is 4.35. The lowest BCUT2D eigenvalue weighted by Gasteiger charge is -2.28.